The average Bonchev–Trinajstić information content (AvgIpc) is 2.64. The van der Waals surface area contributed by atoms with Crippen molar-refractivity contribution >= 4 is 0 Å². The van der Waals surface area contributed by atoms with E-state index < -0.39 is 0 Å². The highest BCUT2D eigenvalue weighted by molar-refractivity contribution is 5.17. The summed E-state index contributed by atoms with van der Waals surface area (Å²) >= 11 is 0. The van der Waals surface area contributed by atoms with Crippen LogP contribution in [-0.2, 0) is 17.8 Å². The molecule has 2 aliphatic heterocycles. The predicted molar refractivity (Wildman–Crippen MR) is 104 cm³/mol. The first-order chi connectivity index (χ1) is 13.1. The Kier molecular flexibility index (Phi) is 5.53. The summed E-state index contributed by atoms with van der Waals surface area (Å²) in [5.41, 5.74) is 2.47. The number of benzene rings is 1. The quantitative estimate of drug-likeness (QED) is 0.781. The fourth-order valence-electron chi connectivity index (χ4n) is 4.35. The molecule has 2 fully saturated rings. The zero-order chi connectivity index (χ0) is 18.7. The number of rotatable bonds is 6. The number of halogens is 1. The molecule has 1 aromatic heterocycles. The lowest BCUT2D eigenvalue weighted by molar-refractivity contribution is -0.183. The smallest absolute Gasteiger partial charge is 0.123 e. The van der Waals surface area contributed by atoms with E-state index in [1.807, 2.05) is 30.6 Å². The van der Waals surface area contributed by atoms with Crippen molar-refractivity contribution in [3.8, 4) is 0 Å². The molecule has 5 heteroatoms. The van der Waals surface area contributed by atoms with Crippen molar-refractivity contribution in [1.29, 1.82) is 0 Å². The van der Waals surface area contributed by atoms with Crippen molar-refractivity contribution in [2.75, 3.05) is 33.3 Å². The topological polar surface area (TPSA) is 28.6 Å². The monoisotopic (exact) mass is 369 g/mol. The van der Waals surface area contributed by atoms with Crippen LogP contribution in [0, 0.1) is 11.7 Å². The second kappa shape index (κ2) is 8.05. The number of likely N-dealkylation sites (tertiary alicyclic amines) is 1. The van der Waals surface area contributed by atoms with Gasteiger partial charge in [0, 0.05) is 45.1 Å². The van der Waals surface area contributed by atoms with Crippen molar-refractivity contribution in [2.24, 2.45) is 5.92 Å². The first-order valence-electron chi connectivity index (χ1n) is 9.78. The van der Waals surface area contributed by atoms with Crippen molar-refractivity contribution in [3.63, 3.8) is 0 Å². The molecule has 3 heterocycles. The Hall–Kier alpha value is -1.82. The number of aromatic nitrogens is 1. The third kappa shape index (κ3) is 4.72. The molecule has 2 aromatic rings. The van der Waals surface area contributed by atoms with E-state index >= 15 is 0 Å². The van der Waals surface area contributed by atoms with Gasteiger partial charge in [-0.15, -0.1) is 0 Å². The second-order valence-electron chi connectivity index (χ2n) is 8.23. The highest BCUT2D eigenvalue weighted by atomic mass is 19.1. The van der Waals surface area contributed by atoms with Gasteiger partial charge < -0.3 is 9.64 Å². The molecule has 4 nitrogen and oxygen atoms in total. The van der Waals surface area contributed by atoms with Gasteiger partial charge in [0.1, 0.15) is 5.82 Å². The second-order valence-corrected chi connectivity index (χ2v) is 8.23. The van der Waals surface area contributed by atoms with Gasteiger partial charge >= 0.3 is 0 Å². The van der Waals surface area contributed by atoms with Crippen LogP contribution in [0.1, 0.15) is 24.0 Å². The van der Waals surface area contributed by atoms with E-state index in [1.54, 1.807) is 0 Å². The molecule has 0 unspecified atom stereocenters. The number of nitrogens with zero attached hydrogens (tertiary/aromatic N) is 3. The van der Waals surface area contributed by atoms with Gasteiger partial charge in [0.2, 0.25) is 0 Å². The van der Waals surface area contributed by atoms with Crippen LogP contribution in [0.3, 0.4) is 0 Å². The molecular weight excluding hydrogens is 341 g/mol. The van der Waals surface area contributed by atoms with E-state index in [-0.39, 0.29) is 11.4 Å². The minimum Gasteiger partial charge on any atom is -0.372 e. The van der Waals surface area contributed by atoms with E-state index in [0.29, 0.717) is 5.92 Å². The molecule has 2 aliphatic rings. The van der Waals surface area contributed by atoms with Gasteiger partial charge in [-0.05, 0) is 55.1 Å². The summed E-state index contributed by atoms with van der Waals surface area (Å²) in [6.07, 6.45) is 6.11. The molecule has 0 bridgehead atoms. The van der Waals surface area contributed by atoms with Crippen LogP contribution in [0.5, 0.6) is 0 Å². The number of hydrogen-bond acceptors (Lipinski definition) is 4. The van der Waals surface area contributed by atoms with Crippen LogP contribution >= 0.6 is 0 Å². The summed E-state index contributed by atoms with van der Waals surface area (Å²) in [5, 5.41) is 0. The highest BCUT2D eigenvalue weighted by Crippen LogP contribution is 2.36. The maximum Gasteiger partial charge on any atom is 0.123 e. The number of ether oxygens (including phenoxy) is 1. The van der Waals surface area contributed by atoms with Gasteiger partial charge in [-0.25, -0.2) is 4.39 Å². The predicted octanol–water partition coefficient (Wildman–Crippen LogP) is 3.33. The van der Waals surface area contributed by atoms with Crippen LogP contribution in [0.15, 0.2) is 48.8 Å². The molecule has 4 rings (SSSR count). The average molecular weight is 369 g/mol. The molecule has 0 saturated carbocycles. The summed E-state index contributed by atoms with van der Waals surface area (Å²) < 4.78 is 19.3. The highest BCUT2D eigenvalue weighted by Gasteiger charge is 2.46. The van der Waals surface area contributed by atoms with E-state index in [0.717, 1.165) is 51.3 Å². The number of hydrogen-bond donors (Lipinski definition) is 0. The summed E-state index contributed by atoms with van der Waals surface area (Å²) in [5.74, 6) is 0.428. The number of pyridine rings is 1. The molecular formula is C22H28FN3O. The van der Waals surface area contributed by atoms with Crippen LogP contribution in [-0.4, -0.2) is 53.7 Å². The Bertz CT molecular complexity index is 721. The van der Waals surface area contributed by atoms with Crippen LogP contribution in [0.4, 0.5) is 4.39 Å². The molecule has 27 heavy (non-hydrogen) atoms. The lowest BCUT2D eigenvalue weighted by Gasteiger charge is -2.53. The molecule has 0 aliphatic carbocycles. The SMILES string of the molecule is CN(Cc1cccnc1)C[C@H]1CCC2(CN(Cc3ccc(F)cc3)C2)OC1. The molecule has 0 N–H and O–H groups in total. The molecule has 2 saturated heterocycles. The van der Waals surface area contributed by atoms with Gasteiger partial charge in [0.25, 0.3) is 0 Å². The van der Waals surface area contributed by atoms with E-state index in [2.05, 4.69) is 27.9 Å². The maximum atomic E-state index is 13.0. The third-order valence-corrected chi connectivity index (χ3v) is 5.72. The van der Waals surface area contributed by atoms with Gasteiger partial charge in [-0.1, -0.05) is 18.2 Å². The fourth-order valence-corrected chi connectivity index (χ4v) is 4.35. The Morgan fingerprint density at radius 1 is 1.22 bits per heavy atom. The Morgan fingerprint density at radius 2 is 2.04 bits per heavy atom. The van der Waals surface area contributed by atoms with Gasteiger partial charge in [-0.2, -0.15) is 0 Å². The van der Waals surface area contributed by atoms with Gasteiger partial charge in [0.15, 0.2) is 0 Å². The van der Waals surface area contributed by atoms with E-state index in [4.69, 9.17) is 4.74 Å². The molecule has 144 valence electrons. The standard InChI is InChI=1S/C22H28FN3O/c1-25(12-19-3-2-10-24-11-19)13-20-8-9-22(27-15-20)16-26(17-22)14-18-4-6-21(23)7-5-18/h2-7,10-11,20H,8-9,12-17H2,1H3/t20-/m1/s1. The van der Waals surface area contributed by atoms with Gasteiger partial charge in [0.05, 0.1) is 12.2 Å². The first kappa shape index (κ1) is 18.5. The lowest BCUT2D eigenvalue weighted by Crippen LogP contribution is -2.64. The molecule has 0 amide bonds. The Labute approximate surface area is 161 Å². The minimum atomic E-state index is -0.172. The summed E-state index contributed by atoms with van der Waals surface area (Å²) in [6.45, 7) is 5.70. The Balaban J connectivity index is 1.19. The van der Waals surface area contributed by atoms with Crippen molar-refractivity contribution in [1.82, 2.24) is 14.8 Å². The van der Waals surface area contributed by atoms with Gasteiger partial charge in [-0.3, -0.25) is 9.88 Å². The first-order valence-corrected chi connectivity index (χ1v) is 9.78. The maximum absolute atomic E-state index is 13.0. The zero-order valence-electron chi connectivity index (χ0n) is 16.0. The summed E-state index contributed by atoms with van der Waals surface area (Å²) in [4.78, 5) is 8.95. The fraction of sp³-hybridized carbons (Fsp3) is 0.500. The molecule has 1 spiro atoms. The van der Waals surface area contributed by atoms with Crippen LogP contribution in [0.2, 0.25) is 0 Å². The minimum absolute atomic E-state index is 0.0540. The van der Waals surface area contributed by atoms with E-state index in [9.17, 15) is 4.39 Å². The summed E-state index contributed by atoms with van der Waals surface area (Å²) in [6, 6.07) is 10.9. The van der Waals surface area contributed by atoms with Crippen molar-refractivity contribution in [2.45, 2.75) is 31.5 Å². The largest absolute Gasteiger partial charge is 0.372 e. The van der Waals surface area contributed by atoms with E-state index in [1.165, 1.54) is 24.1 Å². The third-order valence-electron chi connectivity index (χ3n) is 5.72. The lowest BCUT2D eigenvalue weighted by atomic mass is 9.82. The molecule has 1 atom stereocenters. The normalized spacial score (nSPS) is 22.1. The van der Waals surface area contributed by atoms with Crippen molar-refractivity contribution < 1.29 is 9.13 Å². The molecule has 1 aromatic carbocycles. The van der Waals surface area contributed by atoms with Crippen LogP contribution in [0.25, 0.3) is 0 Å². The Morgan fingerprint density at radius 3 is 2.70 bits per heavy atom. The summed E-state index contributed by atoms with van der Waals surface area (Å²) in [7, 11) is 2.17. The molecule has 0 radical (unpaired) electrons. The van der Waals surface area contributed by atoms with Crippen LogP contribution < -0.4 is 0 Å². The van der Waals surface area contributed by atoms with Crippen molar-refractivity contribution in [3.05, 3.63) is 65.7 Å². The zero-order valence-corrected chi connectivity index (χ0v) is 16.0.